The van der Waals surface area contributed by atoms with Crippen molar-refractivity contribution in [3.8, 4) is 11.5 Å². The Morgan fingerprint density at radius 1 is 1.18 bits per heavy atom. The molecule has 3 atom stereocenters. The van der Waals surface area contributed by atoms with E-state index in [0.717, 1.165) is 77.9 Å². The molecule has 174 valence electrons. The summed E-state index contributed by atoms with van der Waals surface area (Å²) in [5, 5.41) is 17.5. The second kappa shape index (κ2) is 9.52. The number of hydrogen-bond acceptors (Lipinski definition) is 8. The maximum absolute atomic E-state index is 11.3. The zero-order valence-corrected chi connectivity index (χ0v) is 19.5. The second-order valence-electron chi connectivity index (χ2n) is 8.84. The first-order valence-electron chi connectivity index (χ1n) is 11.5. The van der Waals surface area contributed by atoms with Crippen LogP contribution in [0.2, 0.25) is 0 Å². The molecule has 3 aromatic rings. The van der Waals surface area contributed by atoms with Crippen molar-refractivity contribution >= 4 is 38.4 Å². The number of aromatic nitrogens is 2. The molecule has 2 aliphatic rings. The van der Waals surface area contributed by atoms with Crippen LogP contribution in [0.15, 0.2) is 36.5 Å². The van der Waals surface area contributed by atoms with Gasteiger partial charge in [-0.3, -0.25) is 4.79 Å². The number of nitrogens with one attached hydrogen (secondary N) is 2. The Labute approximate surface area is 197 Å². The lowest BCUT2D eigenvalue weighted by atomic mass is 9.93. The van der Waals surface area contributed by atoms with Gasteiger partial charge >= 0.3 is 0 Å². The lowest BCUT2D eigenvalue weighted by Gasteiger charge is -2.27. The number of rotatable bonds is 6. The van der Waals surface area contributed by atoms with Gasteiger partial charge in [0.2, 0.25) is 5.91 Å². The van der Waals surface area contributed by atoms with Gasteiger partial charge in [0.15, 0.2) is 5.13 Å². The van der Waals surface area contributed by atoms with E-state index in [1.807, 2.05) is 30.3 Å². The number of thiazole rings is 1. The van der Waals surface area contributed by atoms with E-state index in [1.54, 1.807) is 24.5 Å². The minimum atomic E-state index is -0.310. The molecule has 2 aromatic heterocycles. The van der Waals surface area contributed by atoms with Crippen molar-refractivity contribution in [2.24, 2.45) is 0 Å². The molecule has 1 unspecified atom stereocenters. The zero-order valence-electron chi connectivity index (χ0n) is 18.7. The van der Waals surface area contributed by atoms with Gasteiger partial charge in [-0.15, -0.1) is 0 Å². The lowest BCUT2D eigenvalue weighted by molar-refractivity contribution is -0.119. The Kier molecular flexibility index (Phi) is 6.32. The number of carbonyl (C=O) groups excluding carboxylic acids is 1. The molecule has 1 amide bonds. The molecule has 9 heteroatoms. The van der Waals surface area contributed by atoms with Crippen LogP contribution in [-0.4, -0.2) is 52.3 Å². The number of amides is 1. The molecule has 3 heterocycles. The molecule has 8 nitrogen and oxygen atoms in total. The number of nitrogens with zero attached hydrogens (tertiary/aromatic N) is 3. The highest BCUT2D eigenvalue weighted by molar-refractivity contribution is 7.22. The van der Waals surface area contributed by atoms with E-state index in [4.69, 9.17) is 4.74 Å². The van der Waals surface area contributed by atoms with E-state index in [-0.39, 0.29) is 24.1 Å². The van der Waals surface area contributed by atoms with Gasteiger partial charge in [0.05, 0.1) is 22.4 Å². The second-order valence-corrected chi connectivity index (χ2v) is 9.87. The third kappa shape index (κ3) is 5.20. The molecule has 1 saturated heterocycles. The Hall–Kier alpha value is -2.91. The zero-order chi connectivity index (χ0) is 22.8. The van der Waals surface area contributed by atoms with Crippen molar-refractivity contribution in [1.29, 1.82) is 0 Å². The van der Waals surface area contributed by atoms with Crippen molar-refractivity contribution in [2.45, 2.75) is 57.2 Å². The van der Waals surface area contributed by atoms with Gasteiger partial charge in [0.1, 0.15) is 17.3 Å². The number of pyridine rings is 1. The fraction of sp³-hybridized carbons (Fsp3) is 0.458. The number of aliphatic hydroxyl groups is 1. The summed E-state index contributed by atoms with van der Waals surface area (Å²) in [6.45, 7) is 3.14. The summed E-state index contributed by atoms with van der Waals surface area (Å²) in [6.07, 6.45) is 6.39. The number of anilines is 2. The maximum atomic E-state index is 11.3. The first kappa shape index (κ1) is 21.9. The summed E-state index contributed by atoms with van der Waals surface area (Å²) in [4.78, 5) is 22.7. The SMILES string of the molecule is CC(=O)N[C@@H]1CCN(c2cc(Oc3ccc4nc(N[C@@H]5CCCCC5O)sc4c3)ccn2)C1. The Balaban J connectivity index is 1.26. The Morgan fingerprint density at radius 3 is 2.88 bits per heavy atom. The topological polar surface area (TPSA) is 99.6 Å². The van der Waals surface area contributed by atoms with Crippen molar-refractivity contribution < 1.29 is 14.6 Å². The number of carbonyl (C=O) groups is 1. The van der Waals surface area contributed by atoms with Gasteiger partial charge in [0.25, 0.3) is 0 Å². The van der Waals surface area contributed by atoms with Crippen molar-refractivity contribution in [1.82, 2.24) is 15.3 Å². The fourth-order valence-electron chi connectivity index (χ4n) is 4.61. The van der Waals surface area contributed by atoms with E-state index in [2.05, 4.69) is 25.5 Å². The molecule has 2 fully saturated rings. The van der Waals surface area contributed by atoms with Crippen molar-refractivity contribution in [3.05, 3.63) is 36.5 Å². The van der Waals surface area contributed by atoms with Crippen LogP contribution in [0.1, 0.15) is 39.0 Å². The average molecular weight is 468 g/mol. The monoisotopic (exact) mass is 467 g/mol. The summed E-state index contributed by atoms with van der Waals surface area (Å²) < 4.78 is 7.17. The largest absolute Gasteiger partial charge is 0.457 e. The molecule has 1 saturated carbocycles. The van der Waals surface area contributed by atoms with Crippen LogP contribution < -0.4 is 20.3 Å². The average Bonchev–Trinajstić information content (AvgIpc) is 3.41. The van der Waals surface area contributed by atoms with Crippen LogP contribution in [-0.2, 0) is 4.79 Å². The molecule has 33 heavy (non-hydrogen) atoms. The standard InChI is InChI=1S/C24H29N5O3S/c1-15(30)26-16-9-11-29(14-16)23-13-18(8-10-25-23)32-17-6-7-20-22(12-17)33-24(28-20)27-19-4-2-3-5-21(19)31/h6-8,10,12-13,16,19,21,31H,2-5,9,11,14H2,1H3,(H,26,30)(H,27,28)/t16-,19-,21?/m1/s1. The first-order chi connectivity index (χ1) is 16.0. The van der Waals surface area contributed by atoms with Crippen molar-refractivity contribution in [2.75, 3.05) is 23.3 Å². The minimum absolute atomic E-state index is 0.00127. The summed E-state index contributed by atoms with van der Waals surface area (Å²) in [7, 11) is 0. The predicted molar refractivity (Wildman–Crippen MR) is 130 cm³/mol. The molecule has 1 aromatic carbocycles. The van der Waals surface area contributed by atoms with Crippen LogP contribution in [0.5, 0.6) is 11.5 Å². The fourth-order valence-corrected chi connectivity index (χ4v) is 5.57. The van der Waals surface area contributed by atoms with Gasteiger partial charge in [0, 0.05) is 44.4 Å². The van der Waals surface area contributed by atoms with Crippen LogP contribution in [0.3, 0.4) is 0 Å². The molecule has 1 aliphatic carbocycles. The summed E-state index contributed by atoms with van der Waals surface area (Å²) in [5.74, 6) is 2.30. The lowest BCUT2D eigenvalue weighted by Crippen LogP contribution is -2.36. The Morgan fingerprint density at radius 2 is 2.03 bits per heavy atom. The molecule has 5 rings (SSSR count). The van der Waals surface area contributed by atoms with Crippen molar-refractivity contribution in [3.63, 3.8) is 0 Å². The molecule has 0 radical (unpaired) electrons. The number of fused-ring (bicyclic) bond motifs is 1. The van der Waals surface area contributed by atoms with Gasteiger partial charge in [-0.25, -0.2) is 9.97 Å². The smallest absolute Gasteiger partial charge is 0.217 e. The molecule has 3 N–H and O–H groups in total. The quantitative estimate of drug-likeness (QED) is 0.505. The van der Waals surface area contributed by atoms with E-state index in [0.29, 0.717) is 0 Å². The molecule has 0 bridgehead atoms. The van der Waals surface area contributed by atoms with Gasteiger partial charge in [-0.1, -0.05) is 24.2 Å². The van der Waals surface area contributed by atoms with E-state index < -0.39 is 0 Å². The maximum Gasteiger partial charge on any atom is 0.217 e. The van der Waals surface area contributed by atoms with Crippen LogP contribution in [0.4, 0.5) is 10.9 Å². The molecule has 0 spiro atoms. The summed E-state index contributed by atoms with van der Waals surface area (Å²) in [6, 6.07) is 9.89. The first-order valence-corrected chi connectivity index (χ1v) is 12.4. The van der Waals surface area contributed by atoms with Gasteiger partial charge in [-0.05, 0) is 37.5 Å². The minimum Gasteiger partial charge on any atom is -0.457 e. The number of benzene rings is 1. The highest BCUT2D eigenvalue weighted by Crippen LogP contribution is 2.33. The van der Waals surface area contributed by atoms with Gasteiger partial charge < -0.3 is 25.4 Å². The van der Waals surface area contributed by atoms with Crippen LogP contribution in [0, 0.1) is 0 Å². The number of ether oxygens (including phenoxy) is 1. The van der Waals surface area contributed by atoms with Gasteiger partial charge in [-0.2, -0.15) is 0 Å². The van der Waals surface area contributed by atoms with Crippen LogP contribution in [0.25, 0.3) is 10.2 Å². The third-order valence-electron chi connectivity index (χ3n) is 6.27. The summed E-state index contributed by atoms with van der Waals surface area (Å²) >= 11 is 1.58. The molecular formula is C24H29N5O3S. The van der Waals surface area contributed by atoms with E-state index in [9.17, 15) is 9.90 Å². The van der Waals surface area contributed by atoms with E-state index >= 15 is 0 Å². The van der Waals surface area contributed by atoms with E-state index in [1.165, 1.54) is 0 Å². The summed E-state index contributed by atoms with van der Waals surface area (Å²) in [5.41, 5.74) is 0.914. The third-order valence-corrected chi connectivity index (χ3v) is 7.22. The normalized spacial score (nSPS) is 23.0. The highest BCUT2D eigenvalue weighted by atomic mass is 32.1. The number of aliphatic hydroxyl groups excluding tert-OH is 1. The molecular weight excluding hydrogens is 438 g/mol. The number of hydrogen-bond donors (Lipinski definition) is 3. The van der Waals surface area contributed by atoms with Crippen LogP contribution >= 0.6 is 11.3 Å². The molecule has 1 aliphatic heterocycles. The highest BCUT2D eigenvalue weighted by Gasteiger charge is 2.25. The Bertz CT molecular complexity index is 1140. The predicted octanol–water partition coefficient (Wildman–Crippen LogP) is 3.91.